The number of unbranched alkanes of at least 4 members (excludes halogenated alkanes) is 1. The summed E-state index contributed by atoms with van der Waals surface area (Å²) in [4.78, 5) is 2.55. The molecule has 1 heterocycles. The van der Waals surface area contributed by atoms with E-state index in [2.05, 4.69) is 4.18 Å². The van der Waals surface area contributed by atoms with Crippen LogP contribution in [0.4, 0.5) is 17.6 Å². The first-order valence-corrected chi connectivity index (χ1v) is 7.29. The summed E-state index contributed by atoms with van der Waals surface area (Å²) < 4.78 is 77.0. The Labute approximate surface area is 114 Å². The summed E-state index contributed by atoms with van der Waals surface area (Å²) in [6.07, 6.45) is -1.40. The molecule has 0 aromatic heterocycles. The molecule has 0 spiro atoms. The molecular formula is C10H16F4N2O3S. The number of nitrogens with zero attached hydrogens (tertiary/aromatic N) is 2. The van der Waals surface area contributed by atoms with E-state index in [0.29, 0.717) is 13.0 Å². The Hall–Kier alpha value is -1.03. The van der Waals surface area contributed by atoms with Crippen molar-refractivity contribution in [2.24, 2.45) is 0 Å². The van der Waals surface area contributed by atoms with Crippen molar-refractivity contribution in [3.63, 3.8) is 0 Å². The molecule has 10 heteroatoms. The van der Waals surface area contributed by atoms with Crippen molar-refractivity contribution in [3.05, 3.63) is 12.4 Å². The predicted octanol–water partition coefficient (Wildman–Crippen LogP) is 1.99. The molecule has 1 unspecified atom stereocenters. The third kappa shape index (κ3) is 3.35. The maximum absolute atomic E-state index is 13.0. The first kappa shape index (κ1) is 17.0. The first-order chi connectivity index (χ1) is 9.13. The van der Waals surface area contributed by atoms with E-state index in [1.54, 1.807) is 0 Å². The maximum Gasteiger partial charge on any atom is 0.428 e. The van der Waals surface area contributed by atoms with Gasteiger partial charge in [0, 0.05) is 26.0 Å². The number of rotatable bonds is 7. The Kier molecular flexibility index (Phi) is 5.25. The summed E-state index contributed by atoms with van der Waals surface area (Å²) in [5.41, 5.74) is 0. The van der Waals surface area contributed by atoms with E-state index < -0.39 is 28.1 Å². The first-order valence-electron chi connectivity index (χ1n) is 5.88. The van der Waals surface area contributed by atoms with Crippen LogP contribution in [-0.4, -0.2) is 49.8 Å². The molecule has 0 fully saturated rings. The van der Waals surface area contributed by atoms with Gasteiger partial charge < -0.3 is 9.80 Å². The van der Waals surface area contributed by atoms with Crippen LogP contribution < -0.4 is 0 Å². The predicted molar refractivity (Wildman–Crippen MR) is 63.3 cm³/mol. The minimum atomic E-state index is -5.74. The minimum absolute atomic E-state index is 0.359. The molecule has 1 rings (SSSR count). The smallest absolute Gasteiger partial charge is 0.336 e. The molecule has 1 aliphatic rings. The van der Waals surface area contributed by atoms with Crippen molar-refractivity contribution in [3.8, 4) is 0 Å². The molecule has 0 bridgehead atoms. The standard InChI is InChI=1S/C10H16F4N2O3S/c1-3-4-5-16-7-6-15(2)9(16)19-20(17,18)10(13,14)8(11)12/h6-9H,3-5H2,1-2H3. The van der Waals surface area contributed by atoms with Crippen LogP contribution in [0.15, 0.2) is 12.4 Å². The molecule has 0 aromatic rings. The Morgan fingerprint density at radius 1 is 1.35 bits per heavy atom. The van der Waals surface area contributed by atoms with Gasteiger partial charge in [0.2, 0.25) is 6.35 Å². The summed E-state index contributed by atoms with van der Waals surface area (Å²) in [5.74, 6) is 0. The SMILES string of the molecule is CCCCN1C=CN(C)C1OS(=O)(=O)C(F)(F)C(F)F. The second-order valence-electron chi connectivity index (χ2n) is 4.29. The highest BCUT2D eigenvalue weighted by molar-refractivity contribution is 7.87. The van der Waals surface area contributed by atoms with Gasteiger partial charge in [-0.1, -0.05) is 13.3 Å². The largest absolute Gasteiger partial charge is 0.428 e. The summed E-state index contributed by atoms with van der Waals surface area (Å²) >= 11 is 0. The van der Waals surface area contributed by atoms with Crippen molar-refractivity contribution in [2.45, 2.75) is 37.8 Å². The van der Waals surface area contributed by atoms with Gasteiger partial charge in [0.25, 0.3) is 0 Å². The van der Waals surface area contributed by atoms with Gasteiger partial charge in [-0.2, -0.15) is 17.2 Å². The number of halogens is 4. The zero-order chi connectivity index (χ0) is 15.6. The fraction of sp³-hybridized carbons (Fsp3) is 0.800. The van der Waals surface area contributed by atoms with Gasteiger partial charge in [0.05, 0.1) is 0 Å². The third-order valence-corrected chi connectivity index (χ3v) is 3.97. The van der Waals surface area contributed by atoms with Crippen LogP contribution in [-0.2, 0) is 14.3 Å². The topological polar surface area (TPSA) is 49.9 Å². The van der Waals surface area contributed by atoms with Crippen molar-refractivity contribution in [1.82, 2.24) is 9.80 Å². The van der Waals surface area contributed by atoms with Crippen LogP contribution in [0.2, 0.25) is 0 Å². The van der Waals surface area contributed by atoms with Gasteiger partial charge in [-0.25, -0.2) is 13.0 Å². The Bertz CT molecular complexity index is 455. The lowest BCUT2D eigenvalue weighted by molar-refractivity contribution is -0.0851. The molecule has 20 heavy (non-hydrogen) atoms. The highest BCUT2D eigenvalue weighted by Gasteiger charge is 2.57. The molecule has 0 amide bonds. The molecule has 0 aromatic carbocycles. The molecule has 118 valence electrons. The number of hydrogen-bond acceptors (Lipinski definition) is 5. The molecule has 0 aliphatic carbocycles. The summed E-state index contributed by atoms with van der Waals surface area (Å²) in [6, 6.07) is 0. The van der Waals surface area contributed by atoms with Crippen molar-refractivity contribution in [2.75, 3.05) is 13.6 Å². The summed E-state index contributed by atoms with van der Waals surface area (Å²) in [7, 11) is -4.35. The van der Waals surface area contributed by atoms with Crippen LogP contribution >= 0.6 is 0 Å². The Balaban J connectivity index is 2.85. The van der Waals surface area contributed by atoms with Crippen LogP contribution in [0.3, 0.4) is 0 Å². The molecule has 0 saturated heterocycles. The molecule has 5 nitrogen and oxygen atoms in total. The van der Waals surface area contributed by atoms with Gasteiger partial charge in [-0.15, -0.1) is 0 Å². The lowest BCUT2D eigenvalue weighted by Gasteiger charge is -2.30. The molecule has 1 atom stereocenters. The van der Waals surface area contributed by atoms with Crippen molar-refractivity contribution >= 4 is 10.1 Å². The van der Waals surface area contributed by atoms with Gasteiger partial charge in [0.15, 0.2) is 0 Å². The summed E-state index contributed by atoms with van der Waals surface area (Å²) in [5, 5.41) is -5.24. The van der Waals surface area contributed by atoms with Gasteiger partial charge >= 0.3 is 21.8 Å². The number of hydrogen-bond donors (Lipinski definition) is 0. The zero-order valence-corrected chi connectivity index (χ0v) is 11.8. The fourth-order valence-electron chi connectivity index (χ4n) is 1.51. The fourth-order valence-corrected chi connectivity index (χ4v) is 2.33. The number of alkyl halides is 4. The molecule has 0 N–H and O–H groups in total. The minimum Gasteiger partial charge on any atom is -0.336 e. The second kappa shape index (κ2) is 6.17. The van der Waals surface area contributed by atoms with Crippen LogP contribution in [0.5, 0.6) is 0 Å². The molecular weight excluding hydrogens is 304 g/mol. The summed E-state index contributed by atoms with van der Waals surface area (Å²) in [6.45, 7) is 2.25. The zero-order valence-electron chi connectivity index (χ0n) is 11.0. The lowest BCUT2D eigenvalue weighted by atomic mass is 10.3. The maximum atomic E-state index is 13.0. The molecule has 0 saturated carbocycles. The van der Waals surface area contributed by atoms with E-state index in [-0.39, 0.29) is 0 Å². The second-order valence-corrected chi connectivity index (χ2v) is 5.94. The molecule has 1 aliphatic heterocycles. The molecule has 0 radical (unpaired) electrons. The van der Waals surface area contributed by atoms with E-state index in [1.807, 2.05) is 6.92 Å². The average Bonchev–Trinajstić information content (AvgIpc) is 2.67. The van der Waals surface area contributed by atoms with Gasteiger partial charge in [-0.05, 0) is 6.42 Å². The average molecular weight is 320 g/mol. The van der Waals surface area contributed by atoms with Crippen LogP contribution in [0.25, 0.3) is 0 Å². The quantitative estimate of drug-likeness (QED) is 0.530. The Morgan fingerprint density at radius 3 is 2.45 bits per heavy atom. The van der Waals surface area contributed by atoms with Crippen LogP contribution in [0, 0.1) is 0 Å². The van der Waals surface area contributed by atoms with E-state index >= 15 is 0 Å². The van der Waals surface area contributed by atoms with Gasteiger partial charge in [-0.3, -0.25) is 0 Å². The Morgan fingerprint density at radius 2 is 1.95 bits per heavy atom. The van der Waals surface area contributed by atoms with E-state index in [9.17, 15) is 26.0 Å². The highest BCUT2D eigenvalue weighted by Crippen LogP contribution is 2.32. The van der Waals surface area contributed by atoms with Crippen molar-refractivity contribution in [1.29, 1.82) is 0 Å². The van der Waals surface area contributed by atoms with E-state index in [4.69, 9.17) is 0 Å². The monoisotopic (exact) mass is 320 g/mol. The van der Waals surface area contributed by atoms with E-state index in [1.165, 1.54) is 29.2 Å². The van der Waals surface area contributed by atoms with Crippen molar-refractivity contribution < 1.29 is 30.2 Å². The third-order valence-electron chi connectivity index (χ3n) is 2.70. The normalized spacial score (nSPS) is 20.2. The van der Waals surface area contributed by atoms with Crippen LogP contribution in [0.1, 0.15) is 19.8 Å². The lowest BCUT2D eigenvalue weighted by Crippen LogP contribution is -2.46. The highest BCUT2D eigenvalue weighted by atomic mass is 32.2. The van der Waals surface area contributed by atoms with E-state index in [0.717, 1.165) is 6.42 Å². The van der Waals surface area contributed by atoms with Gasteiger partial charge in [0.1, 0.15) is 0 Å².